The van der Waals surface area contributed by atoms with Crippen LogP contribution in [-0.2, 0) is 19.1 Å². The quantitative estimate of drug-likeness (QED) is 0.653. The monoisotopic (exact) mass is 388 g/mol. The van der Waals surface area contributed by atoms with Gasteiger partial charge in [0.15, 0.2) is 12.4 Å². The van der Waals surface area contributed by atoms with E-state index in [9.17, 15) is 14.4 Å². The van der Waals surface area contributed by atoms with Gasteiger partial charge in [0.1, 0.15) is 11.8 Å². The molecule has 0 unspecified atom stereocenters. The van der Waals surface area contributed by atoms with Crippen LogP contribution in [0.2, 0.25) is 0 Å². The second-order valence-corrected chi connectivity index (χ2v) is 6.22. The molecule has 10 heteroatoms. The molecule has 2 amide bonds. The zero-order valence-electron chi connectivity index (χ0n) is 14.4. The summed E-state index contributed by atoms with van der Waals surface area (Å²) in [6.07, 6.45) is 0. The standard InChI is InChI=1S/C17H16N4O5S/c1-11-6-14(21-26-11)20-16(23)9-27-10-17(24)25-8-15(22)19-13-5-3-2-4-12(13)7-18/h2-6H,8-10H2,1H3,(H,19,22)(H,20,21,23). The summed E-state index contributed by atoms with van der Waals surface area (Å²) >= 11 is 1.04. The van der Waals surface area contributed by atoms with Gasteiger partial charge in [-0.25, -0.2) is 0 Å². The predicted octanol–water partition coefficient (Wildman–Crippen LogP) is 1.71. The minimum atomic E-state index is -0.631. The van der Waals surface area contributed by atoms with Crippen molar-refractivity contribution in [2.24, 2.45) is 0 Å². The van der Waals surface area contributed by atoms with Crippen molar-refractivity contribution in [3.63, 3.8) is 0 Å². The van der Waals surface area contributed by atoms with Gasteiger partial charge in [0.25, 0.3) is 5.91 Å². The molecule has 2 aromatic rings. The smallest absolute Gasteiger partial charge is 0.316 e. The van der Waals surface area contributed by atoms with E-state index >= 15 is 0 Å². The number of rotatable bonds is 8. The average Bonchev–Trinajstić information content (AvgIpc) is 3.05. The average molecular weight is 388 g/mol. The Hall–Kier alpha value is -3.32. The number of anilines is 2. The van der Waals surface area contributed by atoms with Gasteiger partial charge in [-0.2, -0.15) is 5.26 Å². The number of aromatic nitrogens is 1. The molecule has 0 spiro atoms. The van der Waals surface area contributed by atoms with E-state index in [4.69, 9.17) is 14.5 Å². The lowest BCUT2D eigenvalue weighted by molar-refractivity contribution is -0.144. The molecule has 0 atom stereocenters. The molecule has 9 nitrogen and oxygen atoms in total. The maximum Gasteiger partial charge on any atom is 0.316 e. The van der Waals surface area contributed by atoms with Crippen LogP contribution in [0, 0.1) is 18.3 Å². The fraction of sp³-hybridized carbons (Fsp3) is 0.235. The van der Waals surface area contributed by atoms with Gasteiger partial charge in [-0.1, -0.05) is 17.3 Å². The Balaban J connectivity index is 1.65. The van der Waals surface area contributed by atoms with Gasteiger partial charge in [0, 0.05) is 6.07 Å². The van der Waals surface area contributed by atoms with Gasteiger partial charge < -0.3 is 19.9 Å². The molecule has 1 aromatic heterocycles. The van der Waals surface area contributed by atoms with Crippen LogP contribution in [0.4, 0.5) is 11.5 Å². The highest BCUT2D eigenvalue weighted by Crippen LogP contribution is 2.13. The lowest BCUT2D eigenvalue weighted by atomic mass is 10.2. The van der Waals surface area contributed by atoms with E-state index in [2.05, 4.69) is 15.8 Å². The van der Waals surface area contributed by atoms with E-state index in [1.165, 1.54) is 0 Å². The maximum atomic E-state index is 11.8. The van der Waals surface area contributed by atoms with Crippen LogP contribution in [0.15, 0.2) is 34.9 Å². The number of benzene rings is 1. The van der Waals surface area contributed by atoms with Gasteiger partial charge in [-0.15, -0.1) is 11.8 Å². The lowest BCUT2D eigenvalue weighted by Gasteiger charge is -2.07. The second-order valence-electron chi connectivity index (χ2n) is 5.23. The Kier molecular flexibility index (Phi) is 7.39. The largest absolute Gasteiger partial charge is 0.455 e. The molecule has 0 aliphatic heterocycles. The van der Waals surface area contributed by atoms with Crippen LogP contribution in [0.5, 0.6) is 0 Å². The number of nitrogens with zero attached hydrogens (tertiary/aromatic N) is 2. The molecule has 0 aliphatic rings. The van der Waals surface area contributed by atoms with Gasteiger partial charge in [0.05, 0.1) is 22.8 Å². The Morgan fingerprint density at radius 1 is 1.22 bits per heavy atom. The number of aryl methyl sites for hydroxylation is 1. The van der Waals surface area contributed by atoms with Crippen molar-refractivity contribution in [3.8, 4) is 6.07 Å². The molecule has 1 heterocycles. The first-order valence-electron chi connectivity index (χ1n) is 7.73. The van der Waals surface area contributed by atoms with E-state index in [1.807, 2.05) is 6.07 Å². The summed E-state index contributed by atoms with van der Waals surface area (Å²) in [7, 11) is 0. The molecular formula is C17H16N4O5S. The number of thioether (sulfide) groups is 1. The third-order valence-electron chi connectivity index (χ3n) is 3.03. The van der Waals surface area contributed by atoms with Crippen LogP contribution >= 0.6 is 11.8 Å². The van der Waals surface area contributed by atoms with E-state index in [1.54, 1.807) is 37.3 Å². The zero-order valence-corrected chi connectivity index (χ0v) is 15.2. The van der Waals surface area contributed by atoms with Gasteiger partial charge in [-0.3, -0.25) is 14.4 Å². The number of carbonyl (C=O) groups excluding carboxylic acids is 3. The number of amides is 2. The molecule has 140 valence electrons. The van der Waals surface area contributed by atoms with Crippen molar-refractivity contribution in [2.45, 2.75) is 6.92 Å². The van der Waals surface area contributed by atoms with Crippen LogP contribution in [0.1, 0.15) is 11.3 Å². The predicted molar refractivity (Wildman–Crippen MR) is 97.9 cm³/mol. The first-order chi connectivity index (χ1) is 13.0. The summed E-state index contributed by atoms with van der Waals surface area (Å²) in [6, 6.07) is 9.99. The fourth-order valence-electron chi connectivity index (χ4n) is 1.89. The summed E-state index contributed by atoms with van der Waals surface area (Å²) in [5, 5.41) is 17.6. The normalized spacial score (nSPS) is 9.93. The molecule has 0 saturated carbocycles. The maximum absolute atomic E-state index is 11.8. The van der Waals surface area contributed by atoms with Crippen molar-refractivity contribution in [2.75, 3.05) is 28.7 Å². The number of ether oxygens (including phenoxy) is 1. The molecule has 0 radical (unpaired) electrons. The topological polar surface area (TPSA) is 134 Å². The van der Waals surface area contributed by atoms with Crippen LogP contribution < -0.4 is 10.6 Å². The molecule has 2 rings (SSSR count). The first kappa shape index (κ1) is 20.0. The van der Waals surface area contributed by atoms with Crippen molar-refractivity contribution >= 4 is 41.1 Å². The van der Waals surface area contributed by atoms with Crippen LogP contribution in [0.25, 0.3) is 0 Å². The molecule has 0 aliphatic carbocycles. The lowest BCUT2D eigenvalue weighted by Crippen LogP contribution is -2.22. The number of esters is 1. The summed E-state index contributed by atoms with van der Waals surface area (Å²) < 4.78 is 9.66. The number of nitrogens with one attached hydrogen (secondary N) is 2. The zero-order chi connectivity index (χ0) is 19.6. The third-order valence-corrected chi connectivity index (χ3v) is 3.94. The highest BCUT2D eigenvalue weighted by molar-refractivity contribution is 8.00. The molecule has 1 aromatic carbocycles. The molecule has 2 N–H and O–H groups in total. The summed E-state index contributed by atoms with van der Waals surface area (Å²) in [5.74, 6) is -0.737. The van der Waals surface area contributed by atoms with E-state index in [-0.39, 0.29) is 17.4 Å². The molecular weight excluding hydrogens is 372 g/mol. The number of nitriles is 1. The van der Waals surface area contributed by atoms with Gasteiger partial charge in [0.2, 0.25) is 5.91 Å². The minimum absolute atomic E-state index is 0.0166. The minimum Gasteiger partial charge on any atom is -0.455 e. The Morgan fingerprint density at radius 3 is 2.70 bits per heavy atom. The Morgan fingerprint density at radius 2 is 2.00 bits per heavy atom. The van der Waals surface area contributed by atoms with Gasteiger partial charge >= 0.3 is 5.97 Å². The van der Waals surface area contributed by atoms with Crippen molar-refractivity contribution in [1.29, 1.82) is 5.26 Å². The highest BCUT2D eigenvalue weighted by atomic mass is 32.2. The van der Waals surface area contributed by atoms with Crippen LogP contribution in [0.3, 0.4) is 0 Å². The Bertz CT molecular complexity index is 874. The fourth-order valence-corrected chi connectivity index (χ4v) is 2.50. The van der Waals surface area contributed by atoms with E-state index in [0.29, 0.717) is 22.8 Å². The molecule has 0 saturated heterocycles. The number of hydrogen-bond donors (Lipinski definition) is 2. The summed E-state index contributed by atoms with van der Waals surface area (Å²) in [5.41, 5.74) is 0.649. The SMILES string of the molecule is Cc1cc(NC(=O)CSCC(=O)OCC(=O)Nc2ccccc2C#N)no1. The van der Waals surface area contributed by atoms with Crippen molar-refractivity contribution in [3.05, 3.63) is 41.7 Å². The summed E-state index contributed by atoms with van der Waals surface area (Å²) in [4.78, 5) is 35.1. The number of para-hydroxylation sites is 1. The first-order valence-corrected chi connectivity index (χ1v) is 8.89. The van der Waals surface area contributed by atoms with Crippen molar-refractivity contribution in [1.82, 2.24) is 5.16 Å². The van der Waals surface area contributed by atoms with E-state index in [0.717, 1.165) is 11.8 Å². The molecule has 0 bridgehead atoms. The van der Waals surface area contributed by atoms with E-state index < -0.39 is 18.5 Å². The third kappa shape index (κ3) is 6.83. The molecule has 27 heavy (non-hydrogen) atoms. The van der Waals surface area contributed by atoms with Crippen molar-refractivity contribution < 1.29 is 23.6 Å². The second kappa shape index (κ2) is 9.98. The summed E-state index contributed by atoms with van der Waals surface area (Å²) in [6.45, 7) is 1.21. The van der Waals surface area contributed by atoms with Gasteiger partial charge in [-0.05, 0) is 19.1 Å². The Labute approximate surface area is 159 Å². The number of carbonyl (C=O) groups is 3. The number of hydrogen-bond acceptors (Lipinski definition) is 8. The van der Waals surface area contributed by atoms with Crippen LogP contribution in [-0.4, -0.2) is 41.1 Å². The molecule has 0 fully saturated rings. The highest BCUT2D eigenvalue weighted by Gasteiger charge is 2.12.